The quantitative estimate of drug-likeness (QED) is 0.527. The molecule has 1 fully saturated rings. The molecule has 1 saturated carbocycles. The predicted molar refractivity (Wildman–Crippen MR) is 48.5 cm³/mol. The van der Waals surface area contributed by atoms with Crippen molar-refractivity contribution < 1.29 is 0 Å². The van der Waals surface area contributed by atoms with E-state index in [2.05, 4.69) is 6.08 Å². The van der Waals surface area contributed by atoms with E-state index in [1.54, 1.807) is 5.57 Å². The largest absolute Gasteiger partial charge is 0.0853 e. The van der Waals surface area contributed by atoms with Crippen molar-refractivity contribution in [3.8, 4) is 0 Å². The molecule has 0 radical (unpaired) electrons. The van der Waals surface area contributed by atoms with Gasteiger partial charge >= 0.3 is 0 Å². The van der Waals surface area contributed by atoms with Crippen LogP contribution in [0.3, 0.4) is 0 Å². The van der Waals surface area contributed by atoms with Crippen LogP contribution in [0, 0.1) is 5.92 Å². The van der Waals surface area contributed by atoms with Crippen molar-refractivity contribution in [1.29, 1.82) is 0 Å². The van der Waals surface area contributed by atoms with Crippen LogP contribution in [0.2, 0.25) is 0 Å². The number of hydrogen-bond acceptors (Lipinski definition) is 0. The molecule has 0 spiro atoms. The van der Waals surface area contributed by atoms with Crippen LogP contribution in [-0.4, -0.2) is 0 Å². The van der Waals surface area contributed by atoms with Crippen LogP contribution < -0.4 is 0 Å². The lowest BCUT2D eigenvalue weighted by Gasteiger charge is -2.01. The van der Waals surface area contributed by atoms with Crippen molar-refractivity contribution in [3.63, 3.8) is 0 Å². The molecule has 0 N–H and O–H groups in total. The van der Waals surface area contributed by atoms with Gasteiger partial charge in [0.25, 0.3) is 0 Å². The normalized spacial score (nSPS) is 26.0. The first-order valence-electron chi connectivity index (χ1n) is 5.13. The molecule has 0 nitrogen and oxygen atoms in total. The summed E-state index contributed by atoms with van der Waals surface area (Å²) in [4.78, 5) is 0. The average molecular weight is 150 g/mol. The van der Waals surface area contributed by atoms with Gasteiger partial charge in [-0.25, -0.2) is 0 Å². The van der Waals surface area contributed by atoms with E-state index in [0.29, 0.717) is 0 Å². The molecule has 0 heteroatoms. The molecule has 0 amide bonds. The topological polar surface area (TPSA) is 0 Å². The van der Waals surface area contributed by atoms with Crippen molar-refractivity contribution in [1.82, 2.24) is 0 Å². The lowest BCUT2D eigenvalue weighted by molar-refractivity contribution is 0.690. The van der Waals surface area contributed by atoms with Crippen LogP contribution in [0.15, 0.2) is 11.6 Å². The summed E-state index contributed by atoms with van der Waals surface area (Å²) in [6.07, 6.45) is 14.1. The van der Waals surface area contributed by atoms with Gasteiger partial charge in [0, 0.05) is 0 Å². The fourth-order valence-corrected chi connectivity index (χ4v) is 1.96. The highest BCUT2D eigenvalue weighted by molar-refractivity contribution is 5.06. The van der Waals surface area contributed by atoms with Crippen LogP contribution in [0.1, 0.15) is 51.4 Å². The summed E-state index contributed by atoms with van der Waals surface area (Å²) in [7, 11) is 0. The second-order valence-electron chi connectivity index (χ2n) is 4.11. The Balaban J connectivity index is 1.82. The molecule has 2 aliphatic carbocycles. The summed E-state index contributed by atoms with van der Waals surface area (Å²) in [5.41, 5.74) is 1.78. The Morgan fingerprint density at radius 1 is 1.18 bits per heavy atom. The maximum absolute atomic E-state index is 2.52. The summed E-state index contributed by atoms with van der Waals surface area (Å²) in [5, 5.41) is 0. The van der Waals surface area contributed by atoms with E-state index in [-0.39, 0.29) is 0 Å². The van der Waals surface area contributed by atoms with Crippen LogP contribution in [0.5, 0.6) is 0 Å². The lowest BCUT2D eigenvalue weighted by atomic mass is 10.0. The average Bonchev–Trinajstić information content (AvgIpc) is 2.77. The molecule has 0 saturated heterocycles. The van der Waals surface area contributed by atoms with Gasteiger partial charge in [0.15, 0.2) is 0 Å². The Labute approximate surface area is 69.7 Å². The van der Waals surface area contributed by atoms with Crippen LogP contribution >= 0.6 is 0 Å². The number of allylic oxidation sites excluding steroid dienone is 2. The van der Waals surface area contributed by atoms with Gasteiger partial charge in [-0.3, -0.25) is 0 Å². The van der Waals surface area contributed by atoms with Gasteiger partial charge in [-0.15, -0.1) is 0 Å². The zero-order chi connectivity index (χ0) is 7.52. The van der Waals surface area contributed by atoms with Crippen molar-refractivity contribution in [2.75, 3.05) is 0 Å². The van der Waals surface area contributed by atoms with Gasteiger partial charge in [-0.2, -0.15) is 0 Å². The standard InChI is InChI=1S/C11H18/c1-2-4-6-10(5-3-1)9-11-7-8-11/h5,11H,1-4,6-9H2. The summed E-state index contributed by atoms with van der Waals surface area (Å²) < 4.78 is 0. The predicted octanol–water partition coefficient (Wildman–Crippen LogP) is 3.68. The van der Waals surface area contributed by atoms with E-state index in [4.69, 9.17) is 0 Å². The van der Waals surface area contributed by atoms with Crippen molar-refractivity contribution in [2.24, 2.45) is 5.92 Å². The number of rotatable bonds is 2. The Morgan fingerprint density at radius 2 is 2.09 bits per heavy atom. The van der Waals surface area contributed by atoms with Crippen LogP contribution in [-0.2, 0) is 0 Å². The first-order valence-corrected chi connectivity index (χ1v) is 5.13. The maximum Gasteiger partial charge on any atom is -0.0292 e. The molecule has 0 aromatic heterocycles. The molecule has 62 valence electrons. The van der Waals surface area contributed by atoms with Gasteiger partial charge in [0.1, 0.15) is 0 Å². The van der Waals surface area contributed by atoms with Gasteiger partial charge in [0.05, 0.1) is 0 Å². The zero-order valence-electron chi connectivity index (χ0n) is 7.31. The third kappa shape index (κ3) is 2.36. The van der Waals surface area contributed by atoms with Crippen molar-refractivity contribution in [2.45, 2.75) is 51.4 Å². The molecule has 11 heavy (non-hydrogen) atoms. The first kappa shape index (κ1) is 7.39. The van der Waals surface area contributed by atoms with E-state index in [1.165, 1.54) is 51.4 Å². The minimum Gasteiger partial charge on any atom is -0.0853 e. The molecule has 0 unspecified atom stereocenters. The monoisotopic (exact) mass is 150 g/mol. The van der Waals surface area contributed by atoms with Gasteiger partial charge in [0.2, 0.25) is 0 Å². The number of hydrogen-bond donors (Lipinski definition) is 0. The van der Waals surface area contributed by atoms with E-state index in [0.717, 1.165) is 5.92 Å². The van der Waals surface area contributed by atoms with E-state index in [1.807, 2.05) is 0 Å². The highest BCUT2D eigenvalue weighted by Gasteiger charge is 2.22. The molecule has 0 bridgehead atoms. The summed E-state index contributed by atoms with van der Waals surface area (Å²) in [6.45, 7) is 0. The Bertz CT molecular complexity index is 151. The smallest absolute Gasteiger partial charge is 0.0292 e. The van der Waals surface area contributed by atoms with Gasteiger partial charge in [-0.1, -0.05) is 18.1 Å². The van der Waals surface area contributed by atoms with Gasteiger partial charge < -0.3 is 0 Å². The molecule has 0 heterocycles. The highest BCUT2D eigenvalue weighted by atomic mass is 14.3. The maximum atomic E-state index is 2.52. The molecule has 0 aliphatic heterocycles. The van der Waals surface area contributed by atoms with Gasteiger partial charge in [-0.05, 0) is 50.9 Å². The molecule has 0 atom stereocenters. The Kier molecular flexibility index (Phi) is 2.30. The Hall–Kier alpha value is -0.260. The summed E-state index contributed by atoms with van der Waals surface area (Å²) in [5.74, 6) is 1.10. The van der Waals surface area contributed by atoms with Crippen molar-refractivity contribution >= 4 is 0 Å². The van der Waals surface area contributed by atoms with E-state index >= 15 is 0 Å². The second kappa shape index (κ2) is 3.42. The molecular weight excluding hydrogens is 132 g/mol. The lowest BCUT2D eigenvalue weighted by Crippen LogP contribution is -1.84. The third-order valence-corrected chi connectivity index (χ3v) is 2.88. The SMILES string of the molecule is C1=C(CC2CC2)CCCCC1. The second-order valence-corrected chi connectivity index (χ2v) is 4.11. The Morgan fingerprint density at radius 3 is 2.91 bits per heavy atom. The molecule has 2 rings (SSSR count). The minimum absolute atomic E-state index is 1.10. The molecule has 0 aromatic rings. The molecular formula is C11H18. The first-order chi connectivity index (χ1) is 5.45. The van der Waals surface area contributed by atoms with Crippen LogP contribution in [0.4, 0.5) is 0 Å². The fourth-order valence-electron chi connectivity index (χ4n) is 1.96. The van der Waals surface area contributed by atoms with Crippen LogP contribution in [0.25, 0.3) is 0 Å². The third-order valence-electron chi connectivity index (χ3n) is 2.88. The van der Waals surface area contributed by atoms with E-state index in [9.17, 15) is 0 Å². The van der Waals surface area contributed by atoms with E-state index < -0.39 is 0 Å². The fraction of sp³-hybridized carbons (Fsp3) is 0.818. The minimum atomic E-state index is 1.10. The van der Waals surface area contributed by atoms with Crippen molar-refractivity contribution in [3.05, 3.63) is 11.6 Å². The summed E-state index contributed by atoms with van der Waals surface area (Å²) >= 11 is 0. The zero-order valence-corrected chi connectivity index (χ0v) is 7.31. The summed E-state index contributed by atoms with van der Waals surface area (Å²) in [6, 6.07) is 0. The highest BCUT2D eigenvalue weighted by Crippen LogP contribution is 2.37. The molecule has 2 aliphatic rings. The molecule has 0 aromatic carbocycles.